The molecule has 5 heteroatoms. The van der Waals surface area contributed by atoms with Crippen LogP contribution in [0.1, 0.15) is 38.5 Å². The zero-order valence-electron chi connectivity index (χ0n) is 11.8. The standard InChI is InChI=1S/C14H24N2O3/c1-16(2)14(6-3-7-14)9-15-12(17)10-4-5-11(8-10)13(18)19/h10-11H,3-9H2,1-2H3,(H,15,17)(H,18,19)/t10-,11+/m1/s1. The van der Waals surface area contributed by atoms with Crippen LogP contribution in [0.4, 0.5) is 0 Å². The Morgan fingerprint density at radius 1 is 1.26 bits per heavy atom. The average Bonchev–Trinajstić information content (AvgIpc) is 2.75. The Labute approximate surface area is 114 Å². The molecule has 0 unspecified atom stereocenters. The number of likely N-dealkylation sites (N-methyl/N-ethyl adjacent to an activating group) is 1. The van der Waals surface area contributed by atoms with E-state index in [2.05, 4.69) is 24.3 Å². The first-order chi connectivity index (χ1) is 8.94. The molecular formula is C14H24N2O3. The van der Waals surface area contributed by atoms with Crippen LogP contribution in [0.5, 0.6) is 0 Å². The molecule has 0 radical (unpaired) electrons. The van der Waals surface area contributed by atoms with Crippen molar-refractivity contribution in [2.75, 3.05) is 20.6 Å². The van der Waals surface area contributed by atoms with Gasteiger partial charge in [-0.3, -0.25) is 9.59 Å². The summed E-state index contributed by atoms with van der Waals surface area (Å²) in [5.41, 5.74) is 0.125. The normalized spacial score (nSPS) is 29.0. The minimum Gasteiger partial charge on any atom is -0.481 e. The maximum atomic E-state index is 12.1. The SMILES string of the molecule is CN(C)C1(CNC(=O)[C@@H]2CC[C@H](C(=O)O)C2)CCC1. The maximum Gasteiger partial charge on any atom is 0.306 e. The number of carbonyl (C=O) groups excluding carboxylic acids is 1. The molecule has 0 aromatic heterocycles. The van der Waals surface area contributed by atoms with Crippen molar-refractivity contribution < 1.29 is 14.7 Å². The van der Waals surface area contributed by atoms with Gasteiger partial charge in [0.1, 0.15) is 0 Å². The highest BCUT2D eigenvalue weighted by Crippen LogP contribution is 2.36. The number of amides is 1. The molecule has 0 aliphatic heterocycles. The Morgan fingerprint density at radius 2 is 1.89 bits per heavy atom. The first kappa shape index (κ1) is 14.3. The lowest BCUT2D eigenvalue weighted by atomic mass is 9.75. The van der Waals surface area contributed by atoms with Gasteiger partial charge in [0.25, 0.3) is 0 Å². The van der Waals surface area contributed by atoms with Crippen molar-refractivity contribution in [1.29, 1.82) is 0 Å². The summed E-state index contributed by atoms with van der Waals surface area (Å²) in [7, 11) is 4.11. The average molecular weight is 268 g/mol. The quantitative estimate of drug-likeness (QED) is 0.783. The van der Waals surface area contributed by atoms with Gasteiger partial charge in [-0.15, -0.1) is 0 Å². The number of rotatable bonds is 5. The monoisotopic (exact) mass is 268 g/mol. The van der Waals surface area contributed by atoms with Crippen molar-refractivity contribution in [2.45, 2.75) is 44.1 Å². The van der Waals surface area contributed by atoms with Crippen LogP contribution in [0.2, 0.25) is 0 Å². The number of nitrogens with one attached hydrogen (secondary N) is 1. The number of carbonyl (C=O) groups is 2. The van der Waals surface area contributed by atoms with Crippen LogP contribution >= 0.6 is 0 Å². The lowest BCUT2D eigenvalue weighted by molar-refractivity contribution is -0.141. The minimum absolute atomic E-state index is 0.0388. The number of carboxylic acid groups (broad SMARTS) is 1. The third-order valence-corrected chi connectivity index (χ3v) is 4.98. The van der Waals surface area contributed by atoms with Crippen LogP contribution in [0, 0.1) is 11.8 Å². The summed E-state index contributed by atoms with van der Waals surface area (Å²) < 4.78 is 0. The number of hydrogen-bond donors (Lipinski definition) is 2. The Bertz CT molecular complexity index is 364. The van der Waals surface area contributed by atoms with Gasteiger partial charge >= 0.3 is 5.97 Å². The summed E-state index contributed by atoms with van der Waals surface area (Å²) in [6.07, 6.45) is 5.31. The van der Waals surface area contributed by atoms with E-state index in [-0.39, 0.29) is 23.3 Å². The minimum atomic E-state index is -0.765. The highest BCUT2D eigenvalue weighted by Gasteiger charge is 2.40. The molecule has 1 amide bonds. The molecule has 2 saturated carbocycles. The second kappa shape index (κ2) is 5.49. The lowest BCUT2D eigenvalue weighted by Crippen LogP contribution is -2.57. The predicted molar refractivity (Wildman–Crippen MR) is 71.7 cm³/mol. The molecule has 19 heavy (non-hydrogen) atoms. The van der Waals surface area contributed by atoms with E-state index in [1.54, 1.807) is 0 Å². The molecule has 0 spiro atoms. The van der Waals surface area contributed by atoms with Gasteiger partial charge < -0.3 is 15.3 Å². The first-order valence-corrected chi connectivity index (χ1v) is 7.12. The van der Waals surface area contributed by atoms with Gasteiger partial charge in [-0.25, -0.2) is 0 Å². The second-order valence-corrected chi connectivity index (χ2v) is 6.24. The fourth-order valence-corrected chi connectivity index (χ4v) is 3.21. The Hall–Kier alpha value is -1.10. The van der Waals surface area contributed by atoms with Gasteiger partial charge in [0.2, 0.25) is 5.91 Å². The fraction of sp³-hybridized carbons (Fsp3) is 0.857. The van der Waals surface area contributed by atoms with Crippen molar-refractivity contribution >= 4 is 11.9 Å². The first-order valence-electron chi connectivity index (χ1n) is 7.12. The summed E-state index contributed by atoms with van der Waals surface area (Å²) in [6.45, 7) is 0.688. The molecule has 108 valence electrons. The van der Waals surface area contributed by atoms with Crippen molar-refractivity contribution in [2.24, 2.45) is 11.8 Å². The predicted octanol–water partition coefficient (Wildman–Crippen LogP) is 1.09. The molecule has 0 aromatic carbocycles. The molecule has 2 aliphatic rings. The van der Waals surface area contributed by atoms with Crippen molar-refractivity contribution in [3.8, 4) is 0 Å². The molecule has 2 aliphatic carbocycles. The lowest BCUT2D eigenvalue weighted by Gasteiger charge is -2.47. The van der Waals surface area contributed by atoms with Crippen LogP contribution in [0.3, 0.4) is 0 Å². The number of aliphatic carboxylic acids is 1. The van der Waals surface area contributed by atoms with Crippen LogP contribution in [-0.4, -0.2) is 48.1 Å². The van der Waals surface area contributed by atoms with E-state index >= 15 is 0 Å². The Morgan fingerprint density at radius 3 is 2.32 bits per heavy atom. The topological polar surface area (TPSA) is 69.6 Å². The Balaban J connectivity index is 1.81. The number of carboxylic acids is 1. The van der Waals surface area contributed by atoms with Crippen molar-refractivity contribution in [3.05, 3.63) is 0 Å². The van der Waals surface area contributed by atoms with E-state index in [0.717, 1.165) is 12.8 Å². The summed E-state index contributed by atoms with van der Waals surface area (Å²) in [5.74, 6) is -1.17. The van der Waals surface area contributed by atoms with Gasteiger partial charge in [0.05, 0.1) is 5.92 Å². The van der Waals surface area contributed by atoms with Gasteiger partial charge in [0.15, 0.2) is 0 Å². The molecule has 2 N–H and O–H groups in total. The highest BCUT2D eigenvalue weighted by molar-refractivity contribution is 5.80. The molecule has 2 rings (SSSR count). The summed E-state index contributed by atoms with van der Waals surface area (Å²) in [6, 6.07) is 0. The third kappa shape index (κ3) is 2.91. The molecular weight excluding hydrogens is 244 g/mol. The number of nitrogens with zero attached hydrogens (tertiary/aromatic N) is 1. The van der Waals surface area contributed by atoms with Crippen LogP contribution < -0.4 is 5.32 Å². The second-order valence-electron chi connectivity index (χ2n) is 6.24. The van der Waals surface area contributed by atoms with E-state index in [1.807, 2.05) is 0 Å². The van der Waals surface area contributed by atoms with Gasteiger partial charge in [-0.1, -0.05) is 0 Å². The van der Waals surface area contributed by atoms with Gasteiger partial charge in [0, 0.05) is 18.0 Å². The van der Waals surface area contributed by atoms with Gasteiger partial charge in [-0.05, 0) is 52.6 Å². The van der Waals surface area contributed by atoms with Crippen LogP contribution in [0.25, 0.3) is 0 Å². The van der Waals surface area contributed by atoms with Crippen molar-refractivity contribution in [1.82, 2.24) is 10.2 Å². The maximum absolute atomic E-state index is 12.1. The summed E-state index contributed by atoms with van der Waals surface area (Å²) >= 11 is 0. The zero-order chi connectivity index (χ0) is 14.0. The molecule has 0 bridgehead atoms. The molecule has 0 saturated heterocycles. The summed E-state index contributed by atoms with van der Waals surface area (Å²) in [4.78, 5) is 25.2. The van der Waals surface area contributed by atoms with E-state index in [4.69, 9.17) is 5.11 Å². The molecule has 5 nitrogen and oxygen atoms in total. The largest absolute Gasteiger partial charge is 0.481 e. The summed E-state index contributed by atoms with van der Waals surface area (Å²) in [5, 5.41) is 12.0. The zero-order valence-corrected chi connectivity index (χ0v) is 11.8. The fourth-order valence-electron chi connectivity index (χ4n) is 3.21. The molecule has 2 fully saturated rings. The molecule has 2 atom stereocenters. The molecule has 0 aromatic rings. The van der Waals surface area contributed by atoms with Gasteiger partial charge in [-0.2, -0.15) is 0 Å². The smallest absolute Gasteiger partial charge is 0.306 e. The van der Waals surface area contributed by atoms with Crippen LogP contribution in [0.15, 0.2) is 0 Å². The van der Waals surface area contributed by atoms with E-state index in [1.165, 1.54) is 6.42 Å². The molecule has 0 heterocycles. The van der Waals surface area contributed by atoms with Crippen LogP contribution in [-0.2, 0) is 9.59 Å². The highest BCUT2D eigenvalue weighted by atomic mass is 16.4. The number of hydrogen-bond acceptors (Lipinski definition) is 3. The third-order valence-electron chi connectivity index (χ3n) is 4.98. The van der Waals surface area contributed by atoms with E-state index in [0.29, 0.717) is 25.8 Å². The van der Waals surface area contributed by atoms with E-state index in [9.17, 15) is 9.59 Å². The Kier molecular flexibility index (Phi) is 4.13. The van der Waals surface area contributed by atoms with Crippen molar-refractivity contribution in [3.63, 3.8) is 0 Å². The van der Waals surface area contributed by atoms with E-state index < -0.39 is 5.97 Å².